The predicted octanol–water partition coefficient (Wildman–Crippen LogP) is 3.49. The Kier molecular flexibility index (Phi) is 6.18. The van der Waals surface area contributed by atoms with E-state index in [0.717, 1.165) is 17.4 Å². The molecule has 1 saturated heterocycles. The van der Waals surface area contributed by atoms with Gasteiger partial charge in [-0.1, -0.05) is 18.6 Å². The van der Waals surface area contributed by atoms with Crippen molar-refractivity contribution in [3.05, 3.63) is 70.1 Å². The molecule has 1 atom stereocenters. The third kappa shape index (κ3) is 4.60. The molecule has 9 heteroatoms. The van der Waals surface area contributed by atoms with Crippen molar-refractivity contribution in [1.29, 1.82) is 0 Å². The van der Waals surface area contributed by atoms with Gasteiger partial charge in [0.25, 0.3) is 0 Å². The van der Waals surface area contributed by atoms with Crippen molar-refractivity contribution in [2.24, 2.45) is 0 Å². The molecule has 8 nitrogen and oxygen atoms in total. The molecule has 0 aliphatic carbocycles. The van der Waals surface area contributed by atoms with Crippen molar-refractivity contribution < 1.29 is 22.4 Å². The summed E-state index contributed by atoms with van der Waals surface area (Å²) < 4.78 is 33.0. The van der Waals surface area contributed by atoms with E-state index in [1.54, 1.807) is 25.1 Å². The van der Waals surface area contributed by atoms with Gasteiger partial charge in [0, 0.05) is 35.3 Å². The van der Waals surface area contributed by atoms with Crippen molar-refractivity contribution in [3.8, 4) is 0 Å². The molecule has 1 fully saturated rings. The first-order chi connectivity index (χ1) is 15.7. The summed E-state index contributed by atoms with van der Waals surface area (Å²) in [7, 11) is -3.94. The fourth-order valence-electron chi connectivity index (χ4n) is 4.08. The minimum Gasteiger partial charge on any atom is -0.423 e. The zero-order valence-corrected chi connectivity index (χ0v) is 19.1. The normalized spacial score (nSPS) is 17.1. The molecule has 172 valence electrons. The van der Waals surface area contributed by atoms with Crippen LogP contribution in [-0.4, -0.2) is 37.0 Å². The largest absolute Gasteiger partial charge is 0.423 e. The highest BCUT2D eigenvalue weighted by atomic mass is 32.2. The first-order valence-electron chi connectivity index (χ1n) is 10.6. The molecule has 33 heavy (non-hydrogen) atoms. The number of carbonyl (C=O) groups is 2. The lowest BCUT2D eigenvalue weighted by Gasteiger charge is -2.33. The number of fused-ring (bicyclic) bond motifs is 1. The van der Waals surface area contributed by atoms with Crippen molar-refractivity contribution in [3.63, 3.8) is 0 Å². The quantitative estimate of drug-likeness (QED) is 0.453. The predicted molar refractivity (Wildman–Crippen MR) is 124 cm³/mol. The van der Waals surface area contributed by atoms with E-state index < -0.39 is 27.6 Å². The van der Waals surface area contributed by atoms with Gasteiger partial charge in [-0.3, -0.25) is 9.59 Å². The number of anilines is 1. The molecule has 1 unspecified atom stereocenters. The summed E-state index contributed by atoms with van der Waals surface area (Å²) in [5.41, 5.74) is 1.45. The number of hydrogen-bond donors (Lipinski definition) is 1. The van der Waals surface area contributed by atoms with Gasteiger partial charge in [-0.25, -0.2) is 13.2 Å². The average molecular weight is 469 g/mol. The molecule has 1 aliphatic heterocycles. The first kappa shape index (κ1) is 22.9. The van der Waals surface area contributed by atoms with Gasteiger partial charge in [-0.05, 0) is 56.5 Å². The second-order valence-corrected chi connectivity index (χ2v) is 10.0. The fourth-order valence-corrected chi connectivity index (χ4v) is 5.74. The van der Waals surface area contributed by atoms with E-state index in [4.69, 9.17) is 4.42 Å². The second kappa shape index (κ2) is 8.92. The molecular weight excluding hydrogens is 444 g/mol. The Bertz CT molecular complexity index is 1390. The number of hydrogen-bond acceptors (Lipinski definition) is 6. The van der Waals surface area contributed by atoms with E-state index in [-0.39, 0.29) is 17.2 Å². The maximum Gasteiger partial charge on any atom is 0.336 e. The van der Waals surface area contributed by atoms with E-state index >= 15 is 0 Å². The minimum absolute atomic E-state index is 0.0372. The van der Waals surface area contributed by atoms with Crippen molar-refractivity contribution in [2.75, 3.05) is 11.9 Å². The fraction of sp³-hybridized carbons (Fsp3) is 0.292. The molecule has 2 heterocycles. The number of nitrogens with one attached hydrogen (secondary N) is 1. The van der Waals surface area contributed by atoms with Crippen LogP contribution in [0.1, 0.15) is 42.1 Å². The number of nitrogens with zero attached hydrogens (tertiary/aromatic N) is 1. The summed E-state index contributed by atoms with van der Waals surface area (Å²) in [5, 5.41) is 3.52. The molecule has 1 amide bonds. The molecule has 0 bridgehead atoms. The molecule has 0 radical (unpaired) electrons. The van der Waals surface area contributed by atoms with E-state index in [9.17, 15) is 22.8 Å². The first-order valence-corrected chi connectivity index (χ1v) is 12.1. The van der Waals surface area contributed by atoms with Gasteiger partial charge >= 0.3 is 5.63 Å². The Labute approximate surface area is 191 Å². The van der Waals surface area contributed by atoms with Crippen LogP contribution in [-0.2, 0) is 14.8 Å². The number of carbonyl (C=O) groups excluding carboxylic acids is 2. The minimum atomic E-state index is -3.94. The van der Waals surface area contributed by atoms with Crippen LogP contribution in [0.15, 0.2) is 62.6 Å². The molecule has 1 N–H and O–H groups in total. The SMILES string of the molecule is CC(=O)c1ccc(S(=O)(=O)N2CCCCC2C(=O)Nc2ccc3c(C)cc(=O)oc3c2)cc1. The average Bonchev–Trinajstić information content (AvgIpc) is 2.78. The Morgan fingerprint density at radius 2 is 1.79 bits per heavy atom. The van der Waals surface area contributed by atoms with Crippen LogP contribution in [0.25, 0.3) is 11.0 Å². The molecular formula is C24H24N2O6S. The van der Waals surface area contributed by atoms with Gasteiger partial charge in [0.2, 0.25) is 15.9 Å². The standard InChI is InChI=1S/C24H24N2O6S/c1-15-13-23(28)32-22-14-18(8-11-20(15)22)25-24(29)21-5-3-4-12-26(21)33(30,31)19-9-6-17(7-10-19)16(2)27/h6-11,13-14,21H,3-5,12H2,1-2H3,(H,25,29). The number of aryl methyl sites for hydroxylation is 1. The number of sulfonamides is 1. The van der Waals surface area contributed by atoms with E-state index in [2.05, 4.69) is 5.32 Å². The van der Waals surface area contributed by atoms with Crippen LogP contribution < -0.4 is 10.9 Å². The van der Waals surface area contributed by atoms with Crippen LogP contribution in [0.4, 0.5) is 5.69 Å². The topological polar surface area (TPSA) is 114 Å². The zero-order chi connectivity index (χ0) is 23.8. The van der Waals surface area contributed by atoms with Gasteiger partial charge in [-0.2, -0.15) is 4.31 Å². The summed E-state index contributed by atoms with van der Waals surface area (Å²) in [5.74, 6) is -0.608. The number of rotatable bonds is 5. The number of benzene rings is 2. The maximum atomic E-state index is 13.3. The van der Waals surface area contributed by atoms with Crippen molar-refractivity contribution in [2.45, 2.75) is 44.0 Å². The number of amides is 1. The van der Waals surface area contributed by atoms with Crippen LogP contribution in [0.5, 0.6) is 0 Å². The maximum absolute atomic E-state index is 13.3. The zero-order valence-electron chi connectivity index (χ0n) is 18.3. The van der Waals surface area contributed by atoms with Crippen LogP contribution >= 0.6 is 0 Å². The van der Waals surface area contributed by atoms with Gasteiger partial charge in [-0.15, -0.1) is 0 Å². The van der Waals surface area contributed by atoms with E-state index in [1.165, 1.54) is 41.6 Å². The summed E-state index contributed by atoms with van der Waals surface area (Å²) in [6.45, 7) is 3.43. The Balaban J connectivity index is 1.60. The highest BCUT2D eigenvalue weighted by Crippen LogP contribution is 2.27. The van der Waals surface area contributed by atoms with Gasteiger partial charge in [0.15, 0.2) is 5.78 Å². The third-order valence-corrected chi connectivity index (χ3v) is 7.77. The van der Waals surface area contributed by atoms with Crippen molar-refractivity contribution >= 4 is 38.4 Å². The molecule has 1 aliphatic rings. The number of ketones is 1. The van der Waals surface area contributed by atoms with E-state index in [1.807, 2.05) is 0 Å². The van der Waals surface area contributed by atoms with Crippen LogP contribution in [0.2, 0.25) is 0 Å². The monoisotopic (exact) mass is 468 g/mol. The molecule has 0 saturated carbocycles. The van der Waals surface area contributed by atoms with Crippen molar-refractivity contribution in [1.82, 2.24) is 4.31 Å². The Morgan fingerprint density at radius 1 is 1.06 bits per heavy atom. The lowest BCUT2D eigenvalue weighted by molar-refractivity contribution is -0.120. The van der Waals surface area contributed by atoms with Crippen LogP contribution in [0.3, 0.4) is 0 Å². The lowest BCUT2D eigenvalue weighted by Crippen LogP contribution is -2.49. The molecule has 0 spiro atoms. The summed E-state index contributed by atoms with van der Waals surface area (Å²) in [4.78, 5) is 36.3. The summed E-state index contributed by atoms with van der Waals surface area (Å²) in [6.07, 6.45) is 1.76. The van der Waals surface area contributed by atoms with Gasteiger partial charge in [0.1, 0.15) is 11.6 Å². The third-order valence-electron chi connectivity index (χ3n) is 5.84. The van der Waals surface area contributed by atoms with Gasteiger partial charge < -0.3 is 9.73 Å². The lowest BCUT2D eigenvalue weighted by atomic mass is 10.0. The highest BCUT2D eigenvalue weighted by molar-refractivity contribution is 7.89. The molecule has 3 aromatic rings. The highest BCUT2D eigenvalue weighted by Gasteiger charge is 2.37. The van der Waals surface area contributed by atoms with E-state index in [0.29, 0.717) is 29.7 Å². The summed E-state index contributed by atoms with van der Waals surface area (Å²) in [6, 6.07) is 11.2. The molecule has 1 aromatic heterocycles. The Hall–Kier alpha value is -3.30. The van der Waals surface area contributed by atoms with Crippen LogP contribution in [0, 0.1) is 6.92 Å². The summed E-state index contributed by atoms with van der Waals surface area (Å²) >= 11 is 0. The Morgan fingerprint density at radius 3 is 2.48 bits per heavy atom. The second-order valence-electron chi connectivity index (χ2n) is 8.16. The number of piperidine rings is 1. The van der Waals surface area contributed by atoms with Gasteiger partial charge in [0.05, 0.1) is 4.90 Å². The molecule has 4 rings (SSSR count). The number of Topliss-reactive ketones (excluding diaryl/α,β-unsaturated/α-hetero) is 1. The smallest absolute Gasteiger partial charge is 0.336 e. The molecule has 2 aromatic carbocycles.